The SMILES string of the molecule is CC(C)NC(=O)[C@@H]1C[C@H]1c1ccc(NCc2cccc(Oc3ccccc3)c2)cc1. The zero-order chi connectivity index (χ0) is 20.9. The standard InChI is InChI=1S/C26H28N2O2/c1-18(2)28-26(29)25-16-24(25)20-11-13-21(14-12-20)27-17-19-7-6-10-23(15-19)30-22-8-4-3-5-9-22/h3-15,18,24-25,27H,16-17H2,1-2H3,(H,28,29)/t24-,25+/m0/s1. The summed E-state index contributed by atoms with van der Waals surface area (Å²) in [5, 5.41) is 6.48. The summed E-state index contributed by atoms with van der Waals surface area (Å²) in [5.41, 5.74) is 3.46. The molecule has 1 amide bonds. The molecular formula is C26H28N2O2. The van der Waals surface area contributed by atoms with Gasteiger partial charge in [-0.25, -0.2) is 0 Å². The Hall–Kier alpha value is -3.27. The van der Waals surface area contributed by atoms with E-state index in [0.717, 1.165) is 29.2 Å². The maximum Gasteiger partial charge on any atom is 0.223 e. The lowest BCUT2D eigenvalue weighted by Crippen LogP contribution is -2.31. The monoisotopic (exact) mass is 400 g/mol. The maximum absolute atomic E-state index is 12.1. The Bertz CT molecular complexity index is 983. The van der Waals surface area contributed by atoms with Crippen LogP contribution in [0.1, 0.15) is 37.3 Å². The number of hydrogen-bond donors (Lipinski definition) is 2. The van der Waals surface area contributed by atoms with E-state index in [4.69, 9.17) is 4.74 Å². The van der Waals surface area contributed by atoms with E-state index in [-0.39, 0.29) is 17.9 Å². The lowest BCUT2D eigenvalue weighted by atomic mass is 10.1. The molecule has 0 saturated heterocycles. The average Bonchev–Trinajstić information content (AvgIpc) is 3.54. The Balaban J connectivity index is 1.31. The molecule has 0 aromatic heterocycles. The van der Waals surface area contributed by atoms with E-state index in [0.29, 0.717) is 12.5 Å². The lowest BCUT2D eigenvalue weighted by molar-refractivity contribution is -0.122. The van der Waals surface area contributed by atoms with Crippen LogP contribution in [-0.4, -0.2) is 11.9 Å². The molecule has 0 spiro atoms. The predicted octanol–water partition coefficient (Wildman–Crippen LogP) is 5.72. The Kier molecular flexibility index (Phi) is 6.03. The van der Waals surface area contributed by atoms with Crippen molar-refractivity contribution in [1.29, 1.82) is 0 Å². The van der Waals surface area contributed by atoms with Crippen molar-refractivity contribution in [2.75, 3.05) is 5.32 Å². The number of anilines is 1. The topological polar surface area (TPSA) is 50.4 Å². The second kappa shape index (κ2) is 9.04. The van der Waals surface area contributed by atoms with Crippen LogP contribution in [0.25, 0.3) is 0 Å². The molecule has 0 heterocycles. The number of ether oxygens (including phenoxy) is 1. The molecule has 4 heteroatoms. The van der Waals surface area contributed by atoms with Crippen molar-refractivity contribution >= 4 is 11.6 Å². The molecular weight excluding hydrogens is 372 g/mol. The van der Waals surface area contributed by atoms with Crippen molar-refractivity contribution < 1.29 is 9.53 Å². The summed E-state index contributed by atoms with van der Waals surface area (Å²) in [6, 6.07) is 26.5. The van der Waals surface area contributed by atoms with Crippen molar-refractivity contribution in [3.8, 4) is 11.5 Å². The van der Waals surface area contributed by atoms with E-state index in [1.807, 2.05) is 56.3 Å². The van der Waals surface area contributed by atoms with Crippen LogP contribution in [0, 0.1) is 5.92 Å². The van der Waals surface area contributed by atoms with Crippen LogP contribution < -0.4 is 15.4 Å². The van der Waals surface area contributed by atoms with Gasteiger partial charge >= 0.3 is 0 Å². The second-order valence-corrected chi connectivity index (χ2v) is 8.15. The molecule has 3 aromatic rings. The van der Waals surface area contributed by atoms with Crippen LogP contribution in [0.2, 0.25) is 0 Å². The van der Waals surface area contributed by atoms with Gasteiger partial charge in [-0.05, 0) is 73.7 Å². The number of para-hydroxylation sites is 1. The summed E-state index contributed by atoms with van der Waals surface area (Å²) in [7, 11) is 0. The zero-order valence-electron chi connectivity index (χ0n) is 17.5. The second-order valence-electron chi connectivity index (χ2n) is 8.15. The van der Waals surface area contributed by atoms with Crippen molar-refractivity contribution in [2.24, 2.45) is 5.92 Å². The zero-order valence-corrected chi connectivity index (χ0v) is 17.5. The Morgan fingerprint density at radius 1 is 0.967 bits per heavy atom. The van der Waals surface area contributed by atoms with Gasteiger partial charge in [0.15, 0.2) is 0 Å². The third-order valence-electron chi connectivity index (χ3n) is 5.27. The number of hydrogen-bond acceptors (Lipinski definition) is 3. The molecule has 2 N–H and O–H groups in total. The van der Waals surface area contributed by atoms with Gasteiger partial charge in [-0.3, -0.25) is 4.79 Å². The highest BCUT2D eigenvalue weighted by atomic mass is 16.5. The molecule has 0 unspecified atom stereocenters. The third kappa shape index (κ3) is 5.20. The first-order valence-corrected chi connectivity index (χ1v) is 10.5. The summed E-state index contributed by atoms with van der Waals surface area (Å²) >= 11 is 0. The molecule has 0 aliphatic heterocycles. The minimum atomic E-state index is 0.124. The van der Waals surface area contributed by atoms with Crippen molar-refractivity contribution in [3.63, 3.8) is 0 Å². The molecule has 1 fully saturated rings. The van der Waals surface area contributed by atoms with Gasteiger partial charge < -0.3 is 15.4 Å². The minimum absolute atomic E-state index is 0.124. The largest absolute Gasteiger partial charge is 0.457 e. The highest BCUT2D eigenvalue weighted by Crippen LogP contribution is 2.47. The van der Waals surface area contributed by atoms with Crippen LogP contribution in [0.15, 0.2) is 78.9 Å². The normalized spacial score (nSPS) is 17.4. The fourth-order valence-corrected chi connectivity index (χ4v) is 3.64. The first-order valence-electron chi connectivity index (χ1n) is 10.5. The lowest BCUT2D eigenvalue weighted by Gasteiger charge is -2.10. The van der Waals surface area contributed by atoms with Crippen LogP contribution in [0.3, 0.4) is 0 Å². The number of amides is 1. The number of carbonyl (C=O) groups excluding carboxylic acids is 1. The minimum Gasteiger partial charge on any atom is -0.457 e. The van der Waals surface area contributed by atoms with E-state index < -0.39 is 0 Å². The van der Waals surface area contributed by atoms with Gasteiger partial charge in [-0.2, -0.15) is 0 Å². The van der Waals surface area contributed by atoms with Crippen molar-refractivity contribution in [1.82, 2.24) is 5.32 Å². The van der Waals surface area contributed by atoms with Gasteiger partial charge in [0, 0.05) is 24.2 Å². The third-order valence-corrected chi connectivity index (χ3v) is 5.27. The highest BCUT2D eigenvalue weighted by molar-refractivity contribution is 5.83. The number of nitrogens with one attached hydrogen (secondary N) is 2. The maximum atomic E-state index is 12.1. The smallest absolute Gasteiger partial charge is 0.223 e. The predicted molar refractivity (Wildman–Crippen MR) is 121 cm³/mol. The summed E-state index contributed by atoms with van der Waals surface area (Å²) in [6.45, 7) is 4.71. The van der Waals surface area contributed by atoms with E-state index >= 15 is 0 Å². The summed E-state index contributed by atoms with van der Waals surface area (Å²) in [5.74, 6) is 2.31. The molecule has 2 atom stereocenters. The van der Waals surface area contributed by atoms with Gasteiger partial charge in [0.25, 0.3) is 0 Å². The molecule has 0 radical (unpaired) electrons. The number of carbonyl (C=O) groups is 1. The van der Waals surface area contributed by atoms with Crippen LogP contribution >= 0.6 is 0 Å². The Morgan fingerprint density at radius 3 is 2.43 bits per heavy atom. The van der Waals surface area contributed by atoms with E-state index in [1.54, 1.807) is 0 Å². The van der Waals surface area contributed by atoms with Crippen molar-refractivity contribution in [2.45, 2.75) is 38.8 Å². The molecule has 1 aliphatic carbocycles. The molecule has 4 rings (SSSR count). The van der Waals surface area contributed by atoms with Crippen LogP contribution in [0.5, 0.6) is 11.5 Å². The molecule has 154 valence electrons. The Labute approximate surface area is 178 Å². The van der Waals surface area contributed by atoms with E-state index in [9.17, 15) is 4.79 Å². The van der Waals surface area contributed by atoms with Crippen LogP contribution in [0.4, 0.5) is 5.69 Å². The molecule has 4 nitrogen and oxygen atoms in total. The number of benzene rings is 3. The van der Waals surface area contributed by atoms with E-state index in [1.165, 1.54) is 5.56 Å². The van der Waals surface area contributed by atoms with Gasteiger partial charge in [-0.15, -0.1) is 0 Å². The summed E-state index contributed by atoms with van der Waals surface area (Å²) in [4.78, 5) is 12.1. The average molecular weight is 401 g/mol. The summed E-state index contributed by atoms with van der Waals surface area (Å²) < 4.78 is 5.91. The van der Waals surface area contributed by atoms with Crippen LogP contribution in [-0.2, 0) is 11.3 Å². The van der Waals surface area contributed by atoms with Gasteiger partial charge in [0.1, 0.15) is 11.5 Å². The molecule has 1 saturated carbocycles. The first-order chi connectivity index (χ1) is 14.6. The van der Waals surface area contributed by atoms with Crippen molar-refractivity contribution in [3.05, 3.63) is 90.0 Å². The molecule has 30 heavy (non-hydrogen) atoms. The fourth-order valence-electron chi connectivity index (χ4n) is 3.64. The molecule has 0 bridgehead atoms. The Morgan fingerprint density at radius 2 is 1.70 bits per heavy atom. The number of rotatable bonds is 8. The summed E-state index contributed by atoms with van der Waals surface area (Å²) in [6.07, 6.45) is 0.944. The highest BCUT2D eigenvalue weighted by Gasteiger charge is 2.43. The van der Waals surface area contributed by atoms with Gasteiger partial charge in [0.05, 0.1) is 0 Å². The van der Waals surface area contributed by atoms with Gasteiger partial charge in [0.2, 0.25) is 5.91 Å². The molecule has 1 aliphatic rings. The fraction of sp³-hybridized carbons (Fsp3) is 0.269. The quantitative estimate of drug-likeness (QED) is 0.508. The first kappa shape index (κ1) is 20.0. The van der Waals surface area contributed by atoms with E-state index in [2.05, 4.69) is 47.0 Å². The van der Waals surface area contributed by atoms with Gasteiger partial charge in [-0.1, -0.05) is 42.5 Å². The molecule has 3 aromatic carbocycles.